The van der Waals surface area contributed by atoms with Crippen LogP contribution in [0.2, 0.25) is 0 Å². The lowest BCUT2D eigenvalue weighted by Crippen LogP contribution is -2.11. The Bertz CT molecular complexity index is 617. The molecule has 0 aliphatic carbocycles. The normalized spacial score (nSPS) is 18.3. The van der Waals surface area contributed by atoms with E-state index in [1.54, 1.807) is 18.3 Å². The van der Waals surface area contributed by atoms with E-state index < -0.39 is 0 Å². The molecule has 0 radical (unpaired) electrons. The molecule has 1 aromatic carbocycles. The van der Waals surface area contributed by atoms with Crippen molar-refractivity contribution in [2.75, 3.05) is 13.1 Å². The van der Waals surface area contributed by atoms with Crippen LogP contribution >= 0.6 is 0 Å². The summed E-state index contributed by atoms with van der Waals surface area (Å²) in [5, 5.41) is 14.1. The van der Waals surface area contributed by atoms with Crippen molar-refractivity contribution in [3.05, 3.63) is 46.4 Å². The summed E-state index contributed by atoms with van der Waals surface area (Å²) >= 11 is 0. The molecule has 1 aliphatic rings. The van der Waals surface area contributed by atoms with Crippen LogP contribution in [-0.4, -0.2) is 28.0 Å². The van der Waals surface area contributed by atoms with E-state index in [-0.39, 0.29) is 10.6 Å². The third-order valence-corrected chi connectivity index (χ3v) is 3.64. The summed E-state index contributed by atoms with van der Waals surface area (Å²) < 4.78 is 0. The summed E-state index contributed by atoms with van der Waals surface area (Å²) in [6.07, 6.45) is 3.84. The quantitative estimate of drug-likeness (QED) is 0.659. The third kappa shape index (κ3) is 2.70. The second-order valence-corrected chi connectivity index (χ2v) is 5.11. The van der Waals surface area contributed by atoms with E-state index >= 15 is 0 Å². The van der Waals surface area contributed by atoms with Gasteiger partial charge in [0, 0.05) is 24.1 Å². The number of aromatic amines is 1. The number of hydrogen-bond donors (Lipinski definition) is 2. The fourth-order valence-corrected chi connectivity index (χ4v) is 2.56. The molecule has 1 atom stereocenters. The summed E-state index contributed by atoms with van der Waals surface area (Å²) in [4.78, 5) is 18.0. The van der Waals surface area contributed by atoms with Crippen LogP contribution in [0.3, 0.4) is 0 Å². The summed E-state index contributed by atoms with van der Waals surface area (Å²) in [5.74, 6) is 1.57. The van der Waals surface area contributed by atoms with Gasteiger partial charge in [-0.1, -0.05) is 12.1 Å². The number of H-pyrrole nitrogens is 1. The zero-order valence-electron chi connectivity index (χ0n) is 11.0. The van der Waals surface area contributed by atoms with Gasteiger partial charge in [-0.2, -0.15) is 0 Å². The van der Waals surface area contributed by atoms with Crippen molar-refractivity contribution in [2.45, 2.75) is 12.8 Å². The second kappa shape index (κ2) is 5.42. The number of nitrogens with zero attached hydrogens (tertiary/aromatic N) is 2. The first-order valence-corrected chi connectivity index (χ1v) is 6.72. The molecule has 1 unspecified atom stereocenters. The van der Waals surface area contributed by atoms with Crippen molar-refractivity contribution in [2.24, 2.45) is 5.92 Å². The lowest BCUT2D eigenvalue weighted by atomic mass is 10.1. The van der Waals surface area contributed by atoms with Gasteiger partial charge in [-0.05, 0) is 25.4 Å². The molecule has 20 heavy (non-hydrogen) atoms. The Morgan fingerprint density at radius 1 is 1.45 bits per heavy atom. The SMILES string of the molecule is O=[N+]([O-])c1cccc(-c2cnc(CC3CCNC3)[nH]2)c1. The highest BCUT2D eigenvalue weighted by atomic mass is 16.6. The molecule has 6 nitrogen and oxygen atoms in total. The predicted molar refractivity (Wildman–Crippen MR) is 75.4 cm³/mol. The van der Waals surface area contributed by atoms with Crippen LogP contribution in [0.4, 0.5) is 5.69 Å². The molecule has 1 aromatic heterocycles. The summed E-state index contributed by atoms with van der Waals surface area (Å²) in [7, 11) is 0. The molecule has 1 saturated heterocycles. The second-order valence-electron chi connectivity index (χ2n) is 5.11. The van der Waals surface area contributed by atoms with E-state index in [9.17, 15) is 10.1 Å². The van der Waals surface area contributed by atoms with Crippen molar-refractivity contribution in [1.82, 2.24) is 15.3 Å². The van der Waals surface area contributed by atoms with Crippen LogP contribution in [0.15, 0.2) is 30.5 Å². The molecule has 104 valence electrons. The molecule has 3 rings (SSSR count). The van der Waals surface area contributed by atoms with Crippen molar-refractivity contribution in [3.8, 4) is 11.3 Å². The molecule has 0 amide bonds. The minimum Gasteiger partial charge on any atom is -0.342 e. The molecule has 1 aliphatic heterocycles. The molecule has 2 heterocycles. The maximum atomic E-state index is 10.8. The molecule has 2 N–H and O–H groups in total. The topological polar surface area (TPSA) is 83.8 Å². The van der Waals surface area contributed by atoms with Crippen LogP contribution in [-0.2, 0) is 6.42 Å². The number of rotatable bonds is 4. The number of nitrogens with one attached hydrogen (secondary N) is 2. The number of nitro benzene ring substituents is 1. The predicted octanol–water partition coefficient (Wildman–Crippen LogP) is 2.14. The highest BCUT2D eigenvalue weighted by Crippen LogP contribution is 2.23. The number of non-ortho nitro benzene ring substituents is 1. The lowest BCUT2D eigenvalue weighted by Gasteiger charge is -2.04. The van der Waals surface area contributed by atoms with Gasteiger partial charge < -0.3 is 10.3 Å². The van der Waals surface area contributed by atoms with E-state index in [0.29, 0.717) is 5.92 Å². The summed E-state index contributed by atoms with van der Waals surface area (Å²) in [5.41, 5.74) is 1.72. The number of benzene rings is 1. The van der Waals surface area contributed by atoms with Crippen LogP contribution < -0.4 is 5.32 Å². The molecule has 0 saturated carbocycles. The zero-order chi connectivity index (χ0) is 13.9. The zero-order valence-corrected chi connectivity index (χ0v) is 11.0. The Labute approximate surface area is 116 Å². The highest BCUT2D eigenvalue weighted by Gasteiger charge is 2.17. The standard InChI is InChI=1S/C14H16N4O2/c19-18(20)12-3-1-2-11(7-12)13-9-16-14(17-13)6-10-4-5-15-8-10/h1-3,7,9-10,15H,4-6,8H2,(H,16,17). The average Bonchev–Trinajstić information content (AvgIpc) is 3.11. The van der Waals surface area contributed by atoms with Crippen molar-refractivity contribution < 1.29 is 4.92 Å². The van der Waals surface area contributed by atoms with Crippen molar-refractivity contribution >= 4 is 5.69 Å². The van der Waals surface area contributed by atoms with Crippen LogP contribution in [0.5, 0.6) is 0 Å². The van der Waals surface area contributed by atoms with E-state index in [4.69, 9.17) is 0 Å². The number of imidazole rings is 1. The van der Waals surface area contributed by atoms with Gasteiger partial charge in [0.25, 0.3) is 5.69 Å². The van der Waals surface area contributed by atoms with E-state index in [2.05, 4.69) is 15.3 Å². The van der Waals surface area contributed by atoms with Crippen molar-refractivity contribution in [1.29, 1.82) is 0 Å². The van der Waals surface area contributed by atoms with Crippen LogP contribution in [0, 0.1) is 16.0 Å². The lowest BCUT2D eigenvalue weighted by molar-refractivity contribution is -0.384. The average molecular weight is 272 g/mol. The minimum absolute atomic E-state index is 0.0960. The summed E-state index contributed by atoms with van der Waals surface area (Å²) in [6.45, 7) is 2.11. The Hall–Kier alpha value is -2.21. The molecule has 0 spiro atoms. The van der Waals surface area contributed by atoms with Gasteiger partial charge in [-0.15, -0.1) is 0 Å². The molecular formula is C14H16N4O2. The third-order valence-electron chi connectivity index (χ3n) is 3.64. The fraction of sp³-hybridized carbons (Fsp3) is 0.357. The smallest absolute Gasteiger partial charge is 0.270 e. The molecule has 1 fully saturated rings. The van der Waals surface area contributed by atoms with E-state index in [1.807, 2.05) is 6.07 Å². The van der Waals surface area contributed by atoms with Crippen LogP contribution in [0.25, 0.3) is 11.3 Å². The molecule has 2 aromatic rings. The molecule has 0 bridgehead atoms. The molecule has 6 heteroatoms. The van der Waals surface area contributed by atoms with Gasteiger partial charge in [-0.25, -0.2) is 4.98 Å². The van der Waals surface area contributed by atoms with Gasteiger partial charge >= 0.3 is 0 Å². The largest absolute Gasteiger partial charge is 0.342 e. The van der Waals surface area contributed by atoms with Crippen molar-refractivity contribution in [3.63, 3.8) is 0 Å². The minimum atomic E-state index is -0.384. The first kappa shape index (κ1) is 12.8. The van der Waals surface area contributed by atoms with E-state index in [1.165, 1.54) is 12.5 Å². The van der Waals surface area contributed by atoms with E-state index in [0.717, 1.165) is 36.6 Å². The van der Waals surface area contributed by atoms with Gasteiger partial charge in [-0.3, -0.25) is 10.1 Å². The van der Waals surface area contributed by atoms with Gasteiger partial charge in [0.1, 0.15) is 5.82 Å². The Balaban J connectivity index is 1.78. The Morgan fingerprint density at radius 3 is 3.10 bits per heavy atom. The Kier molecular flexibility index (Phi) is 3.47. The number of nitro groups is 1. The maximum absolute atomic E-state index is 10.8. The first-order chi connectivity index (χ1) is 9.72. The monoisotopic (exact) mass is 272 g/mol. The first-order valence-electron chi connectivity index (χ1n) is 6.72. The highest BCUT2D eigenvalue weighted by molar-refractivity contribution is 5.61. The number of aromatic nitrogens is 2. The van der Waals surface area contributed by atoms with Gasteiger partial charge in [0.15, 0.2) is 0 Å². The van der Waals surface area contributed by atoms with Gasteiger partial charge in [0.05, 0.1) is 16.8 Å². The van der Waals surface area contributed by atoms with Crippen LogP contribution in [0.1, 0.15) is 12.2 Å². The number of hydrogen-bond acceptors (Lipinski definition) is 4. The molecular weight excluding hydrogens is 256 g/mol. The Morgan fingerprint density at radius 2 is 2.35 bits per heavy atom. The summed E-state index contributed by atoms with van der Waals surface area (Å²) in [6, 6.07) is 6.59. The maximum Gasteiger partial charge on any atom is 0.270 e. The fourth-order valence-electron chi connectivity index (χ4n) is 2.56. The van der Waals surface area contributed by atoms with Gasteiger partial charge in [0.2, 0.25) is 0 Å².